The molecule has 1 aromatic heterocycles. The quantitative estimate of drug-likeness (QED) is 0.799. The van der Waals surface area contributed by atoms with Gasteiger partial charge in [0.2, 0.25) is 0 Å². The first-order valence-electron chi connectivity index (χ1n) is 7.71. The second kappa shape index (κ2) is 6.75. The van der Waals surface area contributed by atoms with E-state index in [-0.39, 0.29) is 5.91 Å². The van der Waals surface area contributed by atoms with Crippen LogP contribution in [-0.2, 0) is 4.74 Å². The molecule has 1 N–H and O–H groups in total. The first kappa shape index (κ1) is 14.8. The van der Waals surface area contributed by atoms with Crippen LogP contribution in [0.1, 0.15) is 41.2 Å². The van der Waals surface area contributed by atoms with Crippen molar-refractivity contribution >= 4 is 5.91 Å². The largest absolute Gasteiger partial charge is 0.385 e. The maximum absolute atomic E-state index is 12.4. The summed E-state index contributed by atoms with van der Waals surface area (Å²) in [7, 11) is 1.66. The van der Waals surface area contributed by atoms with Crippen LogP contribution in [0.25, 0.3) is 5.69 Å². The lowest BCUT2D eigenvalue weighted by atomic mass is 10.1. The fraction of sp³-hybridized carbons (Fsp3) is 0.412. The molecule has 3 rings (SSSR count). The van der Waals surface area contributed by atoms with E-state index in [9.17, 15) is 4.79 Å². The summed E-state index contributed by atoms with van der Waals surface area (Å²) in [6.45, 7) is 1.27. The minimum absolute atomic E-state index is 0.0415. The summed E-state index contributed by atoms with van der Waals surface area (Å²) in [5.74, 6) is 0.405. The van der Waals surface area contributed by atoms with Gasteiger partial charge in [0, 0.05) is 26.2 Å². The third-order valence-electron chi connectivity index (χ3n) is 3.83. The molecule has 116 valence electrons. The van der Waals surface area contributed by atoms with Crippen LogP contribution < -0.4 is 5.32 Å². The summed E-state index contributed by atoms with van der Waals surface area (Å²) in [6.07, 6.45) is 4.76. The van der Waals surface area contributed by atoms with Crippen molar-refractivity contribution in [1.29, 1.82) is 0 Å². The third-order valence-corrected chi connectivity index (χ3v) is 3.83. The number of methoxy groups -OCH3 is 1. The van der Waals surface area contributed by atoms with Gasteiger partial charge in [-0.05, 0) is 31.4 Å². The van der Waals surface area contributed by atoms with Gasteiger partial charge in [0.05, 0.1) is 23.1 Å². The Labute approximate surface area is 130 Å². The zero-order valence-electron chi connectivity index (χ0n) is 12.8. The zero-order chi connectivity index (χ0) is 15.4. The summed E-state index contributed by atoms with van der Waals surface area (Å²) in [5.41, 5.74) is 2.74. The second-order valence-electron chi connectivity index (χ2n) is 5.57. The Morgan fingerprint density at radius 3 is 2.82 bits per heavy atom. The van der Waals surface area contributed by atoms with Crippen LogP contribution in [0.3, 0.4) is 0 Å². The average Bonchev–Trinajstić information content (AvgIpc) is 3.30. The van der Waals surface area contributed by atoms with Gasteiger partial charge >= 0.3 is 0 Å². The molecule has 0 spiro atoms. The van der Waals surface area contributed by atoms with Crippen molar-refractivity contribution in [2.24, 2.45) is 0 Å². The van der Waals surface area contributed by atoms with Crippen molar-refractivity contribution in [2.45, 2.75) is 25.2 Å². The Kier molecular flexibility index (Phi) is 4.53. The highest BCUT2D eigenvalue weighted by Gasteiger charge is 2.32. The van der Waals surface area contributed by atoms with E-state index in [0.717, 1.165) is 30.6 Å². The van der Waals surface area contributed by atoms with E-state index < -0.39 is 0 Å². The van der Waals surface area contributed by atoms with Gasteiger partial charge in [-0.1, -0.05) is 18.2 Å². The van der Waals surface area contributed by atoms with Crippen molar-refractivity contribution in [1.82, 2.24) is 15.1 Å². The normalized spacial score (nSPS) is 14.0. The highest BCUT2D eigenvalue weighted by atomic mass is 16.5. The molecule has 1 aromatic carbocycles. The summed E-state index contributed by atoms with van der Waals surface area (Å²) in [4.78, 5) is 12.4. The smallest absolute Gasteiger partial charge is 0.254 e. The number of rotatable bonds is 7. The van der Waals surface area contributed by atoms with Crippen molar-refractivity contribution in [3.8, 4) is 5.69 Å². The number of nitrogens with one attached hydrogen (secondary N) is 1. The molecule has 1 aliphatic carbocycles. The Bertz CT molecular complexity index is 633. The first-order valence-corrected chi connectivity index (χ1v) is 7.71. The number of benzene rings is 1. The predicted molar refractivity (Wildman–Crippen MR) is 84.4 cm³/mol. The van der Waals surface area contributed by atoms with Crippen molar-refractivity contribution in [2.75, 3.05) is 20.3 Å². The lowest BCUT2D eigenvalue weighted by Crippen LogP contribution is -2.26. The zero-order valence-corrected chi connectivity index (χ0v) is 12.8. The number of ether oxygens (including phenoxy) is 1. The SMILES string of the molecule is COCCCNC(=O)c1cnn(-c2ccccc2)c1C1CC1. The van der Waals surface area contributed by atoms with Crippen LogP contribution in [0, 0.1) is 0 Å². The predicted octanol–water partition coefficient (Wildman–Crippen LogP) is 2.52. The molecule has 1 saturated carbocycles. The number of para-hydroxylation sites is 1. The summed E-state index contributed by atoms with van der Waals surface area (Å²) < 4.78 is 6.90. The Morgan fingerprint density at radius 2 is 2.14 bits per heavy atom. The lowest BCUT2D eigenvalue weighted by Gasteiger charge is -2.09. The molecule has 1 fully saturated rings. The second-order valence-corrected chi connectivity index (χ2v) is 5.57. The molecule has 5 nitrogen and oxygen atoms in total. The summed E-state index contributed by atoms with van der Waals surface area (Å²) >= 11 is 0. The summed E-state index contributed by atoms with van der Waals surface area (Å²) in [5, 5.41) is 7.39. The van der Waals surface area contributed by atoms with Gasteiger partial charge in [-0.2, -0.15) is 5.10 Å². The van der Waals surface area contributed by atoms with Gasteiger partial charge in [-0.15, -0.1) is 0 Å². The van der Waals surface area contributed by atoms with Gasteiger partial charge in [-0.3, -0.25) is 4.79 Å². The number of carbonyl (C=O) groups is 1. The van der Waals surface area contributed by atoms with Crippen molar-refractivity contribution in [3.63, 3.8) is 0 Å². The van der Waals surface area contributed by atoms with Crippen molar-refractivity contribution < 1.29 is 9.53 Å². The molecular formula is C17H21N3O2. The number of hydrogen-bond acceptors (Lipinski definition) is 3. The van der Waals surface area contributed by atoms with Gasteiger partial charge in [0.1, 0.15) is 0 Å². The van der Waals surface area contributed by atoms with E-state index in [1.807, 2.05) is 35.0 Å². The van der Waals surface area contributed by atoms with E-state index in [2.05, 4.69) is 10.4 Å². The highest BCUT2D eigenvalue weighted by Crippen LogP contribution is 2.42. The molecule has 0 radical (unpaired) electrons. The lowest BCUT2D eigenvalue weighted by molar-refractivity contribution is 0.0947. The first-order chi connectivity index (χ1) is 10.8. The molecule has 0 unspecified atom stereocenters. The molecule has 2 aromatic rings. The summed E-state index contributed by atoms with van der Waals surface area (Å²) in [6, 6.07) is 9.97. The molecule has 5 heteroatoms. The fourth-order valence-electron chi connectivity index (χ4n) is 2.57. The minimum atomic E-state index is -0.0415. The van der Waals surface area contributed by atoms with Crippen LogP contribution in [0.4, 0.5) is 0 Å². The number of hydrogen-bond donors (Lipinski definition) is 1. The van der Waals surface area contributed by atoms with E-state index in [4.69, 9.17) is 4.74 Å². The maximum Gasteiger partial charge on any atom is 0.254 e. The Morgan fingerprint density at radius 1 is 1.36 bits per heavy atom. The Hall–Kier alpha value is -2.14. The Balaban J connectivity index is 1.80. The van der Waals surface area contributed by atoms with E-state index in [1.165, 1.54) is 0 Å². The number of aromatic nitrogens is 2. The molecule has 1 heterocycles. The minimum Gasteiger partial charge on any atom is -0.385 e. The average molecular weight is 299 g/mol. The monoisotopic (exact) mass is 299 g/mol. The third kappa shape index (κ3) is 3.20. The van der Waals surface area contributed by atoms with Crippen LogP contribution in [0.15, 0.2) is 36.5 Å². The van der Waals surface area contributed by atoms with Crippen molar-refractivity contribution in [3.05, 3.63) is 47.8 Å². The van der Waals surface area contributed by atoms with Gasteiger partial charge in [0.15, 0.2) is 0 Å². The topological polar surface area (TPSA) is 56.1 Å². The fourth-order valence-corrected chi connectivity index (χ4v) is 2.57. The highest BCUT2D eigenvalue weighted by molar-refractivity contribution is 5.95. The van der Waals surface area contributed by atoms with E-state index >= 15 is 0 Å². The van der Waals surface area contributed by atoms with Crippen LogP contribution in [0.2, 0.25) is 0 Å². The molecule has 1 amide bonds. The maximum atomic E-state index is 12.4. The molecule has 0 atom stereocenters. The van der Waals surface area contributed by atoms with Gasteiger partial charge in [-0.25, -0.2) is 4.68 Å². The number of amides is 1. The molecule has 1 aliphatic rings. The van der Waals surface area contributed by atoms with Crippen LogP contribution in [-0.4, -0.2) is 35.9 Å². The number of nitrogens with zero attached hydrogens (tertiary/aromatic N) is 2. The molecule has 0 saturated heterocycles. The molecular weight excluding hydrogens is 278 g/mol. The molecule has 0 bridgehead atoms. The standard InChI is InChI=1S/C17H21N3O2/c1-22-11-5-10-18-17(21)15-12-19-20(16(15)13-8-9-13)14-6-3-2-4-7-14/h2-4,6-7,12-13H,5,8-11H2,1H3,(H,18,21). The van der Waals surface area contributed by atoms with E-state index in [1.54, 1.807) is 13.3 Å². The molecule has 0 aliphatic heterocycles. The molecule has 22 heavy (non-hydrogen) atoms. The van der Waals surface area contributed by atoms with Crippen LogP contribution >= 0.6 is 0 Å². The van der Waals surface area contributed by atoms with Gasteiger partial charge in [0.25, 0.3) is 5.91 Å². The van der Waals surface area contributed by atoms with Crippen LogP contribution in [0.5, 0.6) is 0 Å². The van der Waals surface area contributed by atoms with E-state index in [0.29, 0.717) is 24.6 Å². The van der Waals surface area contributed by atoms with Gasteiger partial charge < -0.3 is 10.1 Å². The number of carbonyl (C=O) groups excluding carboxylic acids is 1.